The molecule has 1 N–H and O–H groups in total. The summed E-state index contributed by atoms with van der Waals surface area (Å²) in [6.07, 6.45) is 0.170. The molecule has 5 heteroatoms. The SMILES string of the molecule is C=CC(O)c1ccc(Cl)cc1[N+](=O)[O-]. The molecule has 74 valence electrons. The maximum Gasteiger partial charge on any atom is 0.277 e. The molecule has 4 nitrogen and oxygen atoms in total. The standard InChI is InChI=1S/C9H8ClNO3/c1-2-9(12)7-4-3-6(10)5-8(7)11(13)14/h2-5,9,12H,1H2. The highest BCUT2D eigenvalue weighted by Crippen LogP contribution is 2.28. The highest BCUT2D eigenvalue weighted by atomic mass is 35.5. The summed E-state index contributed by atoms with van der Waals surface area (Å²) in [7, 11) is 0. The van der Waals surface area contributed by atoms with Crippen LogP contribution in [0, 0.1) is 10.1 Å². The number of hydrogen-bond acceptors (Lipinski definition) is 3. The Morgan fingerprint density at radius 3 is 2.79 bits per heavy atom. The lowest BCUT2D eigenvalue weighted by Gasteiger charge is -2.06. The molecule has 0 aromatic heterocycles. The Hall–Kier alpha value is -1.39. The zero-order valence-corrected chi connectivity index (χ0v) is 7.94. The van der Waals surface area contributed by atoms with Crippen molar-refractivity contribution < 1.29 is 10.0 Å². The molecule has 0 aliphatic heterocycles. The first-order valence-electron chi connectivity index (χ1n) is 3.80. The number of nitrogens with zero attached hydrogens (tertiary/aromatic N) is 1. The number of nitro benzene ring substituents is 1. The second kappa shape index (κ2) is 4.21. The van der Waals surface area contributed by atoms with Crippen molar-refractivity contribution in [1.82, 2.24) is 0 Å². The largest absolute Gasteiger partial charge is 0.384 e. The van der Waals surface area contributed by atoms with Crippen molar-refractivity contribution in [3.8, 4) is 0 Å². The van der Waals surface area contributed by atoms with Crippen molar-refractivity contribution in [1.29, 1.82) is 0 Å². The zero-order chi connectivity index (χ0) is 10.7. The number of halogens is 1. The molecule has 1 atom stereocenters. The highest BCUT2D eigenvalue weighted by molar-refractivity contribution is 6.30. The molecule has 1 aromatic carbocycles. The molecule has 1 unspecified atom stereocenters. The topological polar surface area (TPSA) is 63.4 Å². The van der Waals surface area contributed by atoms with Gasteiger partial charge in [0, 0.05) is 11.1 Å². The maximum absolute atomic E-state index is 10.6. The fraction of sp³-hybridized carbons (Fsp3) is 0.111. The van der Waals surface area contributed by atoms with Crippen molar-refractivity contribution in [2.45, 2.75) is 6.10 Å². The van der Waals surface area contributed by atoms with Crippen LogP contribution in [0.25, 0.3) is 0 Å². The molecular formula is C9H8ClNO3. The predicted octanol–water partition coefficient (Wildman–Crippen LogP) is 2.47. The van der Waals surface area contributed by atoms with Crippen LogP contribution in [0.1, 0.15) is 11.7 Å². The summed E-state index contributed by atoms with van der Waals surface area (Å²) >= 11 is 5.60. The molecule has 0 saturated carbocycles. The third-order valence-corrected chi connectivity index (χ3v) is 1.97. The molecular weight excluding hydrogens is 206 g/mol. The third kappa shape index (κ3) is 2.10. The van der Waals surface area contributed by atoms with Gasteiger partial charge in [-0.2, -0.15) is 0 Å². The summed E-state index contributed by atoms with van der Waals surface area (Å²) in [4.78, 5) is 10.0. The Kier molecular flexibility index (Phi) is 3.22. The van der Waals surface area contributed by atoms with Crippen LogP contribution in [-0.2, 0) is 0 Å². The summed E-state index contributed by atoms with van der Waals surface area (Å²) in [5.74, 6) is 0. The summed E-state index contributed by atoms with van der Waals surface area (Å²) in [6, 6.07) is 4.09. The van der Waals surface area contributed by atoms with E-state index in [2.05, 4.69) is 6.58 Å². The Balaban J connectivity index is 3.28. The van der Waals surface area contributed by atoms with E-state index in [1.807, 2.05) is 0 Å². The average molecular weight is 214 g/mol. The molecule has 14 heavy (non-hydrogen) atoms. The van der Waals surface area contributed by atoms with Gasteiger partial charge in [0.05, 0.1) is 10.5 Å². The molecule has 0 spiro atoms. The van der Waals surface area contributed by atoms with Gasteiger partial charge in [-0.15, -0.1) is 6.58 Å². The monoisotopic (exact) mass is 213 g/mol. The minimum atomic E-state index is -1.05. The van der Waals surface area contributed by atoms with Crippen LogP contribution in [0.15, 0.2) is 30.9 Å². The summed E-state index contributed by atoms with van der Waals surface area (Å²) in [5.41, 5.74) is -0.0145. The van der Waals surface area contributed by atoms with Gasteiger partial charge in [-0.3, -0.25) is 10.1 Å². The Morgan fingerprint density at radius 1 is 1.64 bits per heavy atom. The van der Waals surface area contributed by atoms with E-state index in [-0.39, 0.29) is 16.3 Å². The van der Waals surface area contributed by atoms with Gasteiger partial charge in [-0.05, 0) is 12.1 Å². The van der Waals surface area contributed by atoms with E-state index < -0.39 is 11.0 Å². The van der Waals surface area contributed by atoms with E-state index in [1.54, 1.807) is 0 Å². The minimum absolute atomic E-state index is 0.189. The molecule has 0 aliphatic rings. The smallest absolute Gasteiger partial charge is 0.277 e. The summed E-state index contributed by atoms with van der Waals surface area (Å²) < 4.78 is 0. The van der Waals surface area contributed by atoms with Crippen LogP contribution < -0.4 is 0 Å². The van der Waals surface area contributed by atoms with E-state index in [0.717, 1.165) is 0 Å². The number of benzene rings is 1. The fourth-order valence-electron chi connectivity index (χ4n) is 1.05. The van der Waals surface area contributed by atoms with Crippen molar-refractivity contribution >= 4 is 17.3 Å². The Morgan fingerprint density at radius 2 is 2.29 bits per heavy atom. The number of hydrogen-bond donors (Lipinski definition) is 1. The van der Waals surface area contributed by atoms with Gasteiger partial charge in [0.25, 0.3) is 5.69 Å². The number of nitro groups is 1. The lowest BCUT2D eigenvalue weighted by molar-refractivity contribution is -0.386. The van der Waals surface area contributed by atoms with Gasteiger partial charge < -0.3 is 5.11 Å². The fourth-order valence-corrected chi connectivity index (χ4v) is 1.22. The van der Waals surface area contributed by atoms with Crippen molar-refractivity contribution in [2.75, 3.05) is 0 Å². The van der Waals surface area contributed by atoms with Crippen molar-refractivity contribution in [3.05, 3.63) is 51.6 Å². The minimum Gasteiger partial charge on any atom is -0.384 e. The van der Waals surface area contributed by atoms with Crippen LogP contribution in [0.2, 0.25) is 5.02 Å². The van der Waals surface area contributed by atoms with Crippen molar-refractivity contribution in [2.24, 2.45) is 0 Å². The molecule has 0 radical (unpaired) electrons. The number of aliphatic hydroxyl groups excluding tert-OH is 1. The Labute approximate surface area is 85.6 Å². The van der Waals surface area contributed by atoms with Gasteiger partial charge in [0.1, 0.15) is 6.10 Å². The zero-order valence-electron chi connectivity index (χ0n) is 7.18. The molecule has 1 rings (SSSR count). The van der Waals surface area contributed by atoms with Crippen molar-refractivity contribution in [3.63, 3.8) is 0 Å². The van der Waals surface area contributed by atoms with Gasteiger partial charge in [0.15, 0.2) is 0 Å². The van der Waals surface area contributed by atoms with Gasteiger partial charge in [0.2, 0.25) is 0 Å². The first-order chi connectivity index (χ1) is 6.56. The summed E-state index contributed by atoms with van der Waals surface area (Å²) in [6.45, 7) is 3.35. The van der Waals surface area contributed by atoms with E-state index in [4.69, 9.17) is 11.6 Å². The van der Waals surface area contributed by atoms with Crippen LogP contribution in [0.5, 0.6) is 0 Å². The lowest BCUT2D eigenvalue weighted by Crippen LogP contribution is -1.99. The average Bonchev–Trinajstić information content (AvgIpc) is 2.16. The van der Waals surface area contributed by atoms with Gasteiger partial charge in [-0.25, -0.2) is 0 Å². The van der Waals surface area contributed by atoms with Crippen LogP contribution >= 0.6 is 11.6 Å². The predicted molar refractivity (Wildman–Crippen MR) is 53.3 cm³/mol. The van der Waals surface area contributed by atoms with Crippen LogP contribution in [0.4, 0.5) is 5.69 Å². The third-order valence-electron chi connectivity index (χ3n) is 1.73. The molecule has 0 bridgehead atoms. The van der Waals surface area contributed by atoms with Gasteiger partial charge in [-0.1, -0.05) is 17.7 Å². The second-order valence-corrected chi connectivity index (χ2v) is 3.08. The first kappa shape index (κ1) is 10.7. The number of rotatable bonds is 3. The normalized spacial score (nSPS) is 12.1. The lowest BCUT2D eigenvalue weighted by atomic mass is 10.1. The summed E-state index contributed by atoms with van der Waals surface area (Å²) in [5, 5.41) is 20.2. The quantitative estimate of drug-likeness (QED) is 0.477. The second-order valence-electron chi connectivity index (χ2n) is 2.64. The van der Waals surface area contributed by atoms with E-state index in [0.29, 0.717) is 0 Å². The van der Waals surface area contributed by atoms with E-state index in [9.17, 15) is 15.2 Å². The first-order valence-corrected chi connectivity index (χ1v) is 4.18. The maximum atomic E-state index is 10.6. The number of aliphatic hydroxyl groups is 1. The highest BCUT2D eigenvalue weighted by Gasteiger charge is 2.18. The molecule has 1 aromatic rings. The molecule has 0 aliphatic carbocycles. The van der Waals surface area contributed by atoms with Crippen LogP contribution in [0.3, 0.4) is 0 Å². The molecule has 0 fully saturated rings. The van der Waals surface area contributed by atoms with Crippen LogP contribution in [-0.4, -0.2) is 10.0 Å². The molecule has 0 amide bonds. The van der Waals surface area contributed by atoms with E-state index in [1.165, 1.54) is 24.3 Å². The molecule has 0 heterocycles. The molecule has 0 saturated heterocycles. The van der Waals surface area contributed by atoms with Gasteiger partial charge >= 0.3 is 0 Å². The van der Waals surface area contributed by atoms with E-state index >= 15 is 0 Å². The Bertz CT molecular complexity index is 378.